The molecule has 3 aromatic rings. The van der Waals surface area contributed by atoms with Crippen LogP contribution in [0, 0.1) is 5.82 Å². The molecule has 3 aliphatic rings. The molecule has 2 aromatic carbocycles. The second kappa shape index (κ2) is 16.8. The highest BCUT2D eigenvalue weighted by molar-refractivity contribution is 6.31. The number of rotatable bonds is 13. The van der Waals surface area contributed by atoms with Crippen molar-refractivity contribution >= 4 is 29.3 Å². The Kier molecular flexibility index (Phi) is 12.3. The summed E-state index contributed by atoms with van der Waals surface area (Å²) >= 11 is 6.32. The summed E-state index contributed by atoms with van der Waals surface area (Å²) in [5, 5.41) is 11.9. The summed E-state index contributed by atoms with van der Waals surface area (Å²) in [6.07, 6.45) is 7.64. The summed E-state index contributed by atoms with van der Waals surface area (Å²) in [6, 6.07) is 14.7. The lowest BCUT2D eigenvalue weighted by molar-refractivity contribution is 0.0181. The third-order valence-corrected chi connectivity index (χ3v) is 10.4. The van der Waals surface area contributed by atoms with Crippen LogP contribution in [0.15, 0.2) is 52.4 Å². The van der Waals surface area contributed by atoms with E-state index in [4.69, 9.17) is 27.8 Å². The Balaban J connectivity index is 1.21. The zero-order chi connectivity index (χ0) is 35.2. The molecule has 4 atom stereocenters. The van der Waals surface area contributed by atoms with Crippen LogP contribution in [0.25, 0.3) is 17.5 Å². The van der Waals surface area contributed by atoms with Crippen molar-refractivity contribution in [2.75, 3.05) is 50.8 Å². The zero-order valence-electron chi connectivity index (χ0n) is 29.3. The van der Waals surface area contributed by atoms with Gasteiger partial charge in [0.15, 0.2) is 5.82 Å². The molecule has 50 heavy (non-hydrogen) atoms. The second-order valence-corrected chi connectivity index (χ2v) is 14.4. The maximum Gasteiger partial charge on any atom is 0.231 e. The largest absolute Gasteiger partial charge is 0.388 e. The third-order valence-electron chi connectivity index (χ3n) is 10.2. The van der Waals surface area contributed by atoms with Gasteiger partial charge >= 0.3 is 0 Å². The fraction of sp³-hybridized carbons (Fsp3) is 0.526. The van der Waals surface area contributed by atoms with Crippen molar-refractivity contribution in [3.8, 4) is 11.3 Å². The molecule has 4 heterocycles. The summed E-state index contributed by atoms with van der Waals surface area (Å²) in [6.45, 7) is 10.1. The Morgan fingerprint density at radius 3 is 2.68 bits per heavy atom. The van der Waals surface area contributed by atoms with Crippen LogP contribution in [0.4, 0.5) is 10.1 Å². The van der Waals surface area contributed by atoms with Gasteiger partial charge in [-0.3, -0.25) is 14.8 Å². The van der Waals surface area contributed by atoms with Crippen LogP contribution in [-0.2, 0) is 11.2 Å². The number of piperidine rings is 1. The second-order valence-electron chi connectivity index (χ2n) is 14.0. The van der Waals surface area contributed by atoms with E-state index in [0.717, 1.165) is 107 Å². The topological polar surface area (TPSA) is 132 Å². The van der Waals surface area contributed by atoms with Gasteiger partial charge in [0.2, 0.25) is 6.35 Å². The van der Waals surface area contributed by atoms with Crippen molar-refractivity contribution in [1.82, 2.24) is 14.8 Å². The maximum absolute atomic E-state index is 15.3. The molecule has 6 rings (SSSR count). The number of aromatic nitrogens is 1. The van der Waals surface area contributed by atoms with Gasteiger partial charge in [-0.15, -0.1) is 0 Å². The van der Waals surface area contributed by atoms with Gasteiger partial charge in [0.05, 0.1) is 29.8 Å². The Hall–Kier alpha value is -3.32. The minimum Gasteiger partial charge on any atom is -0.388 e. The Bertz CT molecular complexity index is 1740. The fourth-order valence-electron chi connectivity index (χ4n) is 7.51. The van der Waals surface area contributed by atoms with Crippen molar-refractivity contribution in [2.24, 2.45) is 21.5 Å². The number of hydrogen-bond donors (Lipinski definition) is 4. The van der Waals surface area contributed by atoms with Crippen LogP contribution >= 0.6 is 11.6 Å². The van der Waals surface area contributed by atoms with Gasteiger partial charge in [-0.1, -0.05) is 23.7 Å². The first-order valence-electron chi connectivity index (χ1n) is 18.1. The number of aryl methyl sites for hydroxylation is 1. The maximum atomic E-state index is 15.3. The number of ether oxygens (including phenoxy) is 1. The molecule has 0 bridgehead atoms. The predicted molar refractivity (Wildman–Crippen MR) is 199 cm³/mol. The highest BCUT2D eigenvalue weighted by atomic mass is 35.5. The molecule has 3 aliphatic heterocycles. The van der Waals surface area contributed by atoms with Crippen molar-refractivity contribution in [3.05, 3.63) is 75.1 Å². The zero-order valence-corrected chi connectivity index (χ0v) is 30.1. The van der Waals surface area contributed by atoms with Gasteiger partial charge in [0, 0.05) is 73.5 Å². The lowest BCUT2D eigenvalue weighted by Crippen LogP contribution is -2.47. The quantitative estimate of drug-likeness (QED) is 0.154. The third kappa shape index (κ3) is 8.93. The minimum atomic E-state index is -1.13. The number of halogens is 2. The molecule has 2 fully saturated rings. The Morgan fingerprint density at radius 1 is 1.16 bits per heavy atom. The fourth-order valence-corrected chi connectivity index (χ4v) is 7.75. The number of likely N-dealkylation sites (tertiary alicyclic amines) is 1. The highest BCUT2D eigenvalue weighted by Gasteiger charge is 2.32. The molecule has 0 amide bonds. The highest BCUT2D eigenvalue weighted by Crippen LogP contribution is 2.36. The number of H-pyrrole nitrogens is 1. The van der Waals surface area contributed by atoms with Crippen LogP contribution in [0.1, 0.15) is 69.5 Å². The van der Waals surface area contributed by atoms with Crippen molar-refractivity contribution in [1.29, 1.82) is 0 Å². The summed E-state index contributed by atoms with van der Waals surface area (Å²) < 4.78 is 20.9. The van der Waals surface area contributed by atoms with E-state index >= 15 is 4.39 Å². The van der Waals surface area contributed by atoms with Gasteiger partial charge < -0.3 is 31.2 Å². The molecule has 0 saturated carbocycles. The molecular weight excluding hydrogens is 655 g/mol. The average molecular weight is 707 g/mol. The normalized spacial score (nSPS) is 22.6. The lowest BCUT2D eigenvalue weighted by atomic mass is 9.89. The van der Waals surface area contributed by atoms with Gasteiger partial charge in [-0.05, 0) is 100 Å². The monoisotopic (exact) mass is 706 g/mol. The van der Waals surface area contributed by atoms with E-state index in [-0.39, 0.29) is 11.1 Å². The standard InChI is InChI=1S/C38H52ClFN8O2/c1-25(41)5-3-6-27-21-32(36(40)33(39)22-27)34-23-29-24-48(38(49)45-37(29)44-34)31-11-9-28(10-12-31)35-8-4-7-30(13-14-43-26(2)42)47(35)16-15-46-17-19-50-20-18-46/h9-12,21-25,30,35,38,49H,3-8,13-20,41H2,1-2H3,(H2,42,43)(H,44,45)/t25-,30-,35-,38?/m0/s1. The number of aliphatic hydroxyl groups excluding tert-OH is 1. The molecule has 0 radical (unpaired) electrons. The Labute approximate surface area is 299 Å². The molecule has 2 saturated heterocycles. The van der Waals surface area contributed by atoms with Gasteiger partial charge in [0.1, 0.15) is 5.49 Å². The number of nitrogens with zero attached hydrogens (tertiary/aromatic N) is 5. The van der Waals surface area contributed by atoms with E-state index < -0.39 is 12.2 Å². The molecule has 0 spiro atoms. The summed E-state index contributed by atoms with van der Waals surface area (Å²) in [7, 11) is 0. The van der Waals surface area contributed by atoms with Crippen LogP contribution in [0.5, 0.6) is 0 Å². The number of aliphatic hydroxyl groups is 1. The number of hydrogen-bond acceptors (Lipinski definition) is 8. The van der Waals surface area contributed by atoms with Crippen LogP contribution in [-0.4, -0.2) is 90.1 Å². The van der Waals surface area contributed by atoms with Crippen molar-refractivity contribution < 1.29 is 14.2 Å². The summed E-state index contributed by atoms with van der Waals surface area (Å²) in [5.41, 5.74) is 16.2. The molecule has 1 unspecified atom stereocenters. The van der Waals surface area contributed by atoms with E-state index in [9.17, 15) is 5.11 Å². The van der Waals surface area contributed by atoms with E-state index in [2.05, 4.69) is 49.0 Å². The molecule has 0 aliphatic carbocycles. The van der Waals surface area contributed by atoms with Crippen LogP contribution < -0.4 is 27.1 Å². The number of anilines is 1. The number of benzene rings is 2. The Morgan fingerprint density at radius 2 is 1.94 bits per heavy atom. The molecule has 10 nitrogen and oxygen atoms in total. The number of aromatic amines is 1. The number of fused-ring (bicyclic) bond motifs is 1. The van der Waals surface area contributed by atoms with Gasteiger partial charge in [-0.2, -0.15) is 0 Å². The number of nitrogens with one attached hydrogen (secondary N) is 1. The summed E-state index contributed by atoms with van der Waals surface area (Å²) in [5.74, 6) is 0.147. The molecule has 270 valence electrons. The average Bonchev–Trinajstić information content (AvgIpc) is 3.51. The first kappa shape index (κ1) is 36.5. The van der Waals surface area contributed by atoms with E-state index in [1.165, 1.54) is 5.56 Å². The predicted octanol–water partition coefficient (Wildman–Crippen LogP) is 4.29. The van der Waals surface area contributed by atoms with Crippen molar-refractivity contribution in [2.45, 2.75) is 83.3 Å². The van der Waals surface area contributed by atoms with Crippen LogP contribution in [0.3, 0.4) is 0 Å². The van der Waals surface area contributed by atoms with E-state index in [0.29, 0.717) is 34.7 Å². The van der Waals surface area contributed by atoms with E-state index in [1.54, 1.807) is 11.0 Å². The molecule has 12 heteroatoms. The van der Waals surface area contributed by atoms with Crippen LogP contribution in [0.2, 0.25) is 5.02 Å². The molecule has 1 aromatic heterocycles. The van der Waals surface area contributed by atoms with Crippen molar-refractivity contribution in [3.63, 3.8) is 0 Å². The summed E-state index contributed by atoms with van der Waals surface area (Å²) in [4.78, 5) is 19.1. The first-order chi connectivity index (χ1) is 24.2. The number of morpholine rings is 1. The van der Waals surface area contributed by atoms with E-state index in [1.807, 2.05) is 32.2 Å². The number of nitrogens with two attached hydrogens (primary N) is 2. The smallest absolute Gasteiger partial charge is 0.231 e. The first-order valence-corrected chi connectivity index (χ1v) is 18.5. The minimum absolute atomic E-state index is 0.0802. The molecular formula is C38H52ClFN8O2. The SMILES string of the molecule is CC(N)=NCC[C@@H]1CCC[C@@H](c2ccc(N3C=c4cc(-c5cc(CCC[C@H](C)N)cc(Cl)c5F)[nH]c4=NC3O)cc2)N1CCN1CCOCC1. The lowest BCUT2D eigenvalue weighted by Gasteiger charge is -2.43. The van der Waals surface area contributed by atoms with Gasteiger partial charge in [-0.25, -0.2) is 9.38 Å². The number of amidine groups is 1. The van der Waals surface area contributed by atoms with Gasteiger partial charge in [0.25, 0.3) is 0 Å². The molecule has 6 N–H and O–H groups in total. The number of aliphatic imine (C=N–C) groups is 1.